The summed E-state index contributed by atoms with van der Waals surface area (Å²) in [7, 11) is 0. The lowest BCUT2D eigenvalue weighted by atomic mass is 10.1. The molecular weight excluding hydrogens is 348 g/mol. The minimum atomic E-state index is -0.501. The van der Waals surface area contributed by atoms with Gasteiger partial charge in [-0.3, -0.25) is 14.9 Å². The van der Waals surface area contributed by atoms with E-state index < -0.39 is 10.8 Å². The van der Waals surface area contributed by atoms with Crippen LogP contribution < -0.4 is 10.3 Å². The van der Waals surface area contributed by atoms with Gasteiger partial charge in [-0.25, -0.2) is 5.43 Å². The first-order chi connectivity index (χ1) is 13.1. The van der Waals surface area contributed by atoms with Gasteiger partial charge in [-0.15, -0.1) is 0 Å². The number of anilines is 1. The number of nitrogens with one attached hydrogen (secondary N) is 1. The van der Waals surface area contributed by atoms with Crippen molar-refractivity contribution in [2.75, 3.05) is 18.0 Å². The van der Waals surface area contributed by atoms with Crippen molar-refractivity contribution < 1.29 is 14.1 Å². The van der Waals surface area contributed by atoms with Crippen molar-refractivity contribution in [3.8, 4) is 0 Å². The predicted molar refractivity (Wildman–Crippen MR) is 102 cm³/mol. The summed E-state index contributed by atoms with van der Waals surface area (Å²) in [5, 5.41) is 14.9. The Balaban J connectivity index is 1.55. The molecule has 2 aromatic rings. The Morgan fingerprint density at radius 2 is 1.93 bits per heavy atom. The van der Waals surface area contributed by atoms with Gasteiger partial charge in [0.15, 0.2) is 5.88 Å². The highest BCUT2D eigenvalue weighted by atomic mass is 16.6. The van der Waals surface area contributed by atoms with Gasteiger partial charge in [-0.05, 0) is 18.9 Å². The molecule has 8 nitrogen and oxygen atoms in total. The number of hydrazone groups is 1. The van der Waals surface area contributed by atoms with E-state index in [1.165, 1.54) is 25.1 Å². The molecule has 27 heavy (non-hydrogen) atoms. The van der Waals surface area contributed by atoms with Crippen molar-refractivity contribution >= 4 is 23.7 Å². The third kappa shape index (κ3) is 5.16. The van der Waals surface area contributed by atoms with Crippen LogP contribution in [0, 0.1) is 10.1 Å². The number of benzene rings is 1. The summed E-state index contributed by atoms with van der Waals surface area (Å²) in [6.45, 7) is 1.97. The van der Waals surface area contributed by atoms with Crippen LogP contribution in [0.4, 0.5) is 11.6 Å². The zero-order valence-corrected chi connectivity index (χ0v) is 15.0. The average Bonchev–Trinajstić information content (AvgIpc) is 2.95. The molecule has 3 rings (SSSR count). The molecule has 0 unspecified atom stereocenters. The quantitative estimate of drug-likeness (QED) is 0.478. The number of nitro groups is 1. The van der Waals surface area contributed by atoms with E-state index in [1.54, 1.807) is 24.3 Å². The van der Waals surface area contributed by atoms with Gasteiger partial charge < -0.3 is 9.32 Å². The topological polar surface area (TPSA) is 101 Å². The van der Waals surface area contributed by atoms with E-state index in [4.69, 9.17) is 4.42 Å². The van der Waals surface area contributed by atoms with Gasteiger partial charge in [-0.1, -0.05) is 31.0 Å². The normalized spacial score (nSPS) is 14.9. The Hall–Kier alpha value is -3.16. The van der Waals surface area contributed by atoms with E-state index in [9.17, 15) is 14.9 Å². The lowest BCUT2D eigenvalue weighted by Crippen LogP contribution is -2.23. The zero-order valence-electron chi connectivity index (χ0n) is 15.0. The molecule has 0 aliphatic carbocycles. The van der Waals surface area contributed by atoms with Gasteiger partial charge >= 0.3 is 0 Å². The largest absolute Gasteiger partial charge is 0.440 e. The van der Waals surface area contributed by atoms with Crippen LogP contribution in [0.25, 0.3) is 0 Å². The van der Waals surface area contributed by atoms with Gasteiger partial charge in [0.2, 0.25) is 5.91 Å². The summed E-state index contributed by atoms with van der Waals surface area (Å²) in [6, 6.07) is 9.86. The second-order valence-electron chi connectivity index (χ2n) is 6.43. The average molecular weight is 370 g/mol. The van der Waals surface area contributed by atoms with Crippen LogP contribution in [-0.2, 0) is 11.2 Å². The van der Waals surface area contributed by atoms with Gasteiger partial charge in [0.1, 0.15) is 5.76 Å². The van der Waals surface area contributed by atoms with Crippen molar-refractivity contribution in [3.05, 3.63) is 57.8 Å². The maximum absolute atomic E-state index is 12.0. The number of nitro benzene ring substituents is 1. The van der Waals surface area contributed by atoms with E-state index in [-0.39, 0.29) is 12.1 Å². The molecule has 1 aliphatic rings. The standard InChI is InChI=1S/C19H22N4O4/c24-18(13-15-7-3-4-8-17(15)23(25)26)21-20-14-16-9-10-19(27-16)22-11-5-1-2-6-12-22/h3-4,7-10,14H,1-2,5-6,11-13H2,(H,21,24)/b20-14+. The monoisotopic (exact) mass is 370 g/mol. The SMILES string of the molecule is O=C(Cc1ccccc1[N+](=O)[O-])N/N=C/c1ccc(N2CCCCCC2)o1. The predicted octanol–water partition coefficient (Wildman–Crippen LogP) is 3.26. The number of amides is 1. The second kappa shape index (κ2) is 8.98. The van der Waals surface area contributed by atoms with Crippen LogP contribution in [0.15, 0.2) is 45.9 Å². The molecule has 142 valence electrons. The summed E-state index contributed by atoms with van der Waals surface area (Å²) in [5.41, 5.74) is 2.64. The van der Waals surface area contributed by atoms with Crippen molar-refractivity contribution in [1.82, 2.24) is 5.43 Å². The van der Waals surface area contributed by atoms with Gasteiger partial charge in [0.05, 0.1) is 17.6 Å². The van der Waals surface area contributed by atoms with Gasteiger partial charge in [0, 0.05) is 30.8 Å². The number of rotatable bonds is 6. The number of nitrogens with zero attached hydrogens (tertiary/aromatic N) is 3. The van der Waals surface area contributed by atoms with E-state index in [0.29, 0.717) is 11.3 Å². The molecule has 1 N–H and O–H groups in total. The summed E-state index contributed by atoms with van der Waals surface area (Å²) >= 11 is 0. The number of hydrogen-bond donors (Lipinski definition) is 1. The van der Waals surface area contributed by atoms with Gasteiger partial charge in [-0.2, -0.15) is 5.10 Å². The van der Waals surface area contributed by atoms with Crippen LogP contribution in [-0.4, -0.2) is 30.1 Å². The van der Waals surface area contributed by atoms with Crippen molar-refractivity contribution in [3.63, 3.8) is 0 Å². The van der Waals surface area contributed by atoms with Crippen LogP contribution in [0.3, 0.4) is 0 Å². The first-order valence-electron chi connectivity index (χ1n) is 9.02. The number of hydrogen-bond acceptors (Lipinski definition) is 6. The molecule has 0 atom stereocenters. The number of furan rings is 1. The fourth-order valence-corrected chi connectivity index (χ4v) is 3.09. The Bertz CT molecular complexity index is 823. The molecule has 1 aromatic carbocycles. The molecule has 0 saturated carbocycles. The fraction of sp³-hybridized carbons (Fsp3) is 0.368. The summed E-state index contributed by atoms with van der Waals surface area (Å²) < 4.78 is 5.77. The van der Waals surface area contributed by atoms with E-state index >= 15 is 0 Å². The first-order valence-corrected chi connectivity index (χ1v) is 9.02. The second-order valence-corrected chi connectivity index (χ2v) is 6.43. The lowest BCUT2D eigenvalue weighted by molar-refractivity contribution is -0.385. The lowest BCUT2D eigenvalue weighted by Gasteiger charge is -2.18. The summed E-state index contributed by atoms with van der Waals surface area (Å²) in [4.78, 5) is 24.7. The molecule has 1 aliphatic heterocycles. The highest BCUT2D eigenvalue weighted by Crippen LogP contribution is 2.21. The smallest absolute Gasteiger partial charge is 0.273 e. The molecule has 0 spiro atoms. The number of carbonyl (C=O) groups excluding carboxylic acids is 1. The zero-order chi connectivity index (χ0) is 19.1. The Morgan fingerprint density at radius 1 is 1.19 bits per heavy atom. The van der Waals surface area contributed by atoms with Crippen molar-refractivity contribution in [2.45, 2.75) is 32.1 Å². The molecular formula is C19H22N4O4. The molecule has 0 radical (unpaired) electrons. The molecule has 8 heteroatoms. The Morgan fingerprint density at radius 3 is 2.67 bits per heavy atom. The number of carbonyl (C=O) groups is 1. The summed E-state index contributed by atoms with van der Waals surface area (Å²) in [5.74, 6) is 0.921. The van der Waals surface area contributed by atoms with Crippen LogP contribution in [0.5, 0.6) is 0 Å². The third-order valence-electron chi connectivity index (χ3n) is 4.45. The molecule has 0 bridgehead atoms. The minimum Gasteiger partial charge on any atom is -0.440 e. The molecule has 1 aromatic heterocycles. The van der Waals surface area contributed by atoms with E-state index in [2.05, 4.69) is 15.4 Å². The fourth-order valence-electron chi connectivity index (χ4n) is 3.09. The number of para-hydroxylation sites is 1. The highest BCUT2D eigenvalue weighted by Gasteiger charge is 2.15. The molecule has 1 fully saturated rings. The van der Waals surface area contributed by atoms with Crippen molar-refractivity contribution in [2.24, 2.45) is 5.10 Å². The maximum Gasteiger partial charge on any atom is 0.273 e. The van der Waals surface area contributed by atoms with Crippen molar-refractivity contribution in [1.29, 1.82) is 0 Å². The summed E-state index contributed by atoms with van der Waals surface area (Å²) in [6.07, 6.45) is 6.12. The third-order valence-corrected chi connectivity index (χ3v) is 4.45. The van der Waals surface area contributed by atoms with Gasteiger partial charge in [0.25, 0.3) is 5.69 Å². The molecule has 1 saturated heterocycles. The van der Waals surface area contributed by atoms with Crippen LogP contribution in [0.2, 0.25) is 0 Å². The highest BCUT2D eigenvalue weighted by molar-refractivity contribution is 5.82. The molecule has 1 amide bonds. The Labute approximate surface area is 157 Å². The van der Waals surface area contributed by atoms with E-state index in [1.807, 2.05) is 6.07 Å². The first kappa shape index (κ1) is 18.6. The van der Waals surface area contributed by atoms with Crippen LogP contribution in [0.1, 0.15) is 37.0 Å². The maximum atomic E-state index is 12.0. The van der Waals surface area contributed by atoms with E-state index in [0.717, 1.165) is 31.8 Å². The van der Waals surface area contributed by atoms with Crippen LogP contribution >= 0.6 is 0 Å². The molecule has 2 heterocycles. The minimum absolute atomic E-state index is 0.0789. The Kier molecular flexibility index (Phi) is 6.19.